The Bertz CT molecular complexity index is 446. The molecule has 1 aromatic rings. The summed E-state index contributed by atoms with van der Waals surface area (Å²) in [5.74, 6) is 1.80. The number of hydrogen-bond acceptors (Lipinski definition) is 4. The maximum Gasteiger partial charge on any atom is 0.128 e. The summed E-state index contributed by atoms with van der Waals surface area (Å²) in [7, 11) is 4.34. The molecule has 0 spiro atoms. The lowest BCUT2D eigenvalue weighted by Crippen LogP contribution is -2.34. The van der Waals surface area contributed by atoms with Gasteiger partial charge in [0.2, 0.25) is 0 Å². The Morgan fingerprint density at radius 1 is 1.43 bits per heavy atom. The van der Waals surface area contributed by atoms with E-state index >= 15 is 0 Å². The lowest BCUT2D eigenvalue weighted by Gasteiger charge is -2.23. The van der Waals surface area contributed by atoms with Crippen LogP contribution in [0.25, 0.3) is 0 Å². The fourth-order valence-corrected chi connectivity index (χ4v) is 3.16. The van der Waals surface area contributed by atoms with Gasteiger partial charge in [-0.25, -0.2) is 4.98 Å². The van der Waals surface area contributed by atoms with E-state index in [1.54, 1.807) is 0 Å². The minimum Gasteiger partial charge on any atom is -0.355 e. The highest BCUT2D eigenvalue weighted by molar-refractivity contribution is 5.43. The van der Waals surface area contributed by atoms with Crippen LogP contribution in [0.4, 0.5) is 5.82 Å². The van der Waals surface area contributed by atoms with E-state index in [1.165, 1.54) is 5.56 Å². The van der Waals surface area contributed by atoms with E-state index in [4.69, 9.17) is 0 Å². The molecule has 3 unspecified atom stereocenters. The third kappa shape index (κ3) is 3.95. The molecule has 1 N–H and O–H groups in total. The zero-order chi connectivity index (χ0) is 15.4. The molecule has 1 aliphatic heterocycles. The van der Waals surface area contributed by atoms with E-state index in [0.717, 1.165) is 31.9 Å². The molecule has 4 nitrogen and oxygen atoms in total. The van der Waals surface area contributed by atoms with Crippen LogP contribution in [0.3, 0.4) is 0 Å². The number of rotatable bonds is 6. The Hall–Kier alpha value is -1.13. The summed E-state index contributed by atoms with van der Waals surface area (Å²) in [6, 6.07) is 5.38. The molecular formula is C17H30N4. The predicted octanol–water partition coefficient (Wildman–Crippen LogP) is 2.53. The van der Waals surface area contributed by atoms with Crippen molar-refractivity contribution in [3.05, 3.63) is 23.9 Å². The van der Waals surface area contributed by atoms with Gasteiger partial charge in [-0.05, 0) is 57.6 Å². The van der Waals surface area contributed by atoms with Gasteiger partial charge in [-0.3, -0.25) is 0 Å². The molecule has 0 aliphatic carbocycles. The molecule has 21 heavy (non-hydrogen) atoms. The average molecular weight is 290 g/mol. The zero-order valence-corrected chi connectivity index (χ0v) is 14.1. The Morgan fingerprint density at radius 3 is 2.81 bits per heavy atom. The molecule has 1 saturated heterocycles. The first kappa shape index (κ1) is 16.2. The Morgan fingerprint density at radius 2 is 2.19 bits per heavy atom. The first-order valence-corrected chi connectivity index (χ1v) is 8.13. The molecule has 0 amide bonds. The molecule has 0 aromatic carbocycles. The fourth-order valence-electron chi connectivity index (χ4n) is 3.16. The van der Waals surface area contributed by atoms with Gasteiger partial charge in [-0.2, -0.15) is 0 Å². The Balaban J connectivity index is 2.08. The summed E-state index contributed by atoms with van der Waals surface area (Å²) in [5, 5.41) is 3.55. The number of anilines is 1. The third-order valence-corrected chi connectivity index (χ3v) is 4.53. The summed E-state index contributed by atoms with van der Waals surface area (Å²) < 4.78 is 0. The number of likely N-dealkylation sites (N-methyl/N-ethyl adjacent to an activating group) is 1. The topological polar surface area (TPSA) is 31.4 Å². The number of nitrogens with zero attached hydrogens (tertiary/aromatic N) is 3. The van der Waals surface area contributed by atoms with Crippen LogP contribution in [-0.4, -0.2) is 49.7 Å². The SMILES string of the molecule is CCCNC(C)c1ccnc(N2CC(C)C(N(C)C)C2)c1. The summed E-state index contributed by atoms with van der Waals surface area (Å²) >= 11 is 0. The van der Waals surface area contributed by atoms with Crippen LogP contribution in [0.15, 0.2) is 18.3 Å². The standard InChI is InChI=1S/C17H30N4/c1-6-8-18-14(3)15-7-9-19-17(10-15)21-11-13(2)16(12-21)20(4)5/h7,9-10,13-14,16,18H,6,8,11-12H2,1-5H3. The Kier molecular flexibility index (Phi) is 5.59. The summed E-state index contributed by atoms with van der Waals surface area (Å²) in [6.45, 7) is 9.98. The second-order valence-electron chi connectivity index (χ2n) is 6.54. The largest absolute Gasteiger partial charge is 0.355 e. The maximum absolute atomic E-state index is 4.59. The fraction of sp³-hybridized carbons (Fsp3) is 0.706. The van der Waals surface area contributed by atoms with Crippen molar-refractivity contribution in [1.29, 1.82) is 0 Å². The molecule has 0 radical (unpaired) electrons. The van der Waals surface area contributed by atoms with Crippen molar-refractivity contribution in [2.75, 3.05) is 38.6 Å². The molecule has 1 fully saturated rings. The van der Waals surface area contributed by atoms with Crippen LogP contribution in [0, 0.1) is 5.92 Å². The molecule has 1 aliphatic rings. The second kappa shape index (κ2) is 7.23. The van der Waals surface area contributed by atoms with Gasteiger partial charge in [-0.1, -0.05) is 13.8 Å². The average Bonchev–Trinajstić information content (AvgIpc) is 2.87. The lowest BCUT2D eigenvalue weighted by atomic mass is 10.1. The molecular weight excluding hydrogens is 260 g/mol. The van der Waals surface area contributed by atoms with Crippen molar-refractivity contribution in [2.45, 2.75) is 39.3 Å². The van der Waals surface area contributed by atoms with Gasteiger partial charge in [0.1, 0.15) is 5.82 Å². The first-order chi connectivity index (χ1) is 10.0. The van der Waals surface area contributed by atoms with Crippen LogP contribution >= 0.6 is 0 Å². The quantitative estimate of drug-likeness (QED) is 0.872. The van der Waals surface area contributed by atoms with E-state index < -0.39 is 0 Å². The van der Waals surface area contributed by atoms with Crippen LogP contribution in [0.2, 0.25) is 0 Å². The minimum absolute atomic E-state index is 0.386. The van der Waals surface area contributed by atoms with E-state index in [0.29, 0.717) is 18.0 Å². The van der Waals surface area contributed by atoms with E-state index in [1.807, 2.05) is 6.20 Å². The zero-order valence-electron chi connectivity index (χ0n) is 14.1. The van der Waals surface area contributed by atoms with Crippen LogP contribution in [0.5, 0.6) is 0 Å². The number of hydrogen-bond donors (Lipinski definition) is 1. The highest BCUT2D eigenvalue weighted by Crippen LogP contribution is 2.26. The van der Waals surface area contributed by atoms with Gasteiger partial charge in [0.15, 0.2) is 0 Å². The van der Waals surface area contributed by atoms with Crippen molar-refractivity contribution in [1.82, 2.24) is 15.2 Å². The maximum atomic E-state index is 4.59. The van der Waals surface area contributed by atoms with Gasteiger partial charge < -0.3 is 15.1 Å². The molecule has 1 aromatic heterocycles. The molecule has 118 valence electrons. The van der Waals surface area contributed by atoms with Crippen molar-refractivity contribution in [3.8, 4) is 0 Å². The van der Waals surface area contributed by atoms with Gasteiger partial charge >= 0.3 is 0 Å². The predicted molar refractivity (Wildman–Crippen MR) is 89.8 cm³/mol. The number of aromatic nitrogens is 1. The van der Waals surface area contributed by atoms with Gasteiger partial charge in [0.05, 0.1) is 0 Å². The molecule has 3 atom stereocenters. The van der Waals surface area contributed by atoms with Crippen molar-refractivity contribution < 1.29 is 0 Å². The van der Waals surface area contributed by atoms with Crippen molar-refractivity contribution in [3.63, 3.8) is 0 Å². The molecule has 0 saturated carbocycles. The summed E-state index contributed by atoms with van der Waals surface area (Å²) in [5.41, 5.74) is 1.33. The van der Waals surface area contributed by atoms with Crippen molar-refractivity contribution in [2.24, 2.45) is 5.92 Å². The van der Waals surface area contributed by atoms with Gasteiger partial charge in [-0.15, -0.1) is 0 Å². The third-order valence-electron chi connectivity index (χ3n) is 4.53. The monoisotopic (exact) mass is 290 g/mol. The van der Waals surface area contributed by atoms with Crippen molar-refractivity contribution >= 4 is 5.82 Å². The normalized spacial score (nSPS) is 23.8. The molecule has 2 rings (SSSR count). The van der Waals surface area contributed by atoms with Crippen LogP contribution in [0.1, 0.15) is 38.8 Å². The van der Waals surface area contributed by atoms with Crippen LogP contribution in [-0.2, 0) is 0 Å². The van der Waals surface area contributed by atoms with Crippen LogP contribution < -0.4 is 10.2 Å². The van der Waals surface area contributed by atoms with Gasteiger partial charge in [0.25, 0.3) is 0 Å². The second-order valence-corrected chi connectivity index (χ2v) is 6.54. The molecule has 4 heteroatoms. The Labute approximate surface area is 129 Å². The number of nitrogens with one attached hydrogen (secondary N) is 1. The lowest BCUT2D eigenvalue weighted by molar-refractivity contribution is 0.266. The molecule has 0 bridgehead atoms. The van der Waals surface area contributed by atoms with E-state index in [2.05, 4.69) is 67.1 Å². The molecule has 2 heterocycles. The highest BCUT2D eigenvalue weighted by Gasteiger charge is 2.31. The van der Waals surface area contributed by atoms with E-state index in [9.17, 15) is 0 Å². The number of pyridine rings is 1. The summed E-state index contributed by atoms with van der Waals surface area (Å²) in [6.07, 6.45) is 3.11. The first-order valence-electron chi connectivity index (χ1n) is 8.13. The highest BCUT2D eigenvalue weighted by atomic mass is 15.3. The minimum atomic E-state index is 0.386. The summed E-state index contributed by atoms with van der Waals surface area (Å²) in [4.78, 5) is 9.35. The van der Waals surface area contributed by atoms with E-state index in [-0.39, 0.29) is 0 Å². The smallest absolute Gasteiger partial charge is 0.128 e. The van der Waals surface area contributed by atoms with Gasteiger partial charge in [0, 0.05) is 31.4 Å².